The summed E-state index contributed by atoms with van der Waals surface area (Å²) >= 11 is 0. The summed E-state index contributed by atoms with van der Waals surface area (Å²) in [5, 5.41) is 3.54. The Hall–Kier alpha value is -2.70. The van der Waals surface area contributed by atoms with Crippen LogP contribution in [0, 0.1) is 0 Å². The third-order valence-corrected chi connectivity index (χ3v) is 21.5. The molecule has 0 unspecified atom stereocenters. The van der Waals surface area contributed by atoms with Gasteiger partial charge in [0.05, 0.1) is 0 Å². The number of rotatable bonds is 35. The van der Waals surface area contributed by atoms with E-state index in [0.29, 0.717) is 0 Å². The van der Waals surface area contributed by atoms with Crippen LogP contribution < -0.4 is 21.2 Å². The van der Waals surface area contributed by atoms with E-state index in [9.17, 15) is 0 Å². The Kier molecular flexibility index (Phi) is 25.7. The van der Waals surface area contributed by atoms with E-state index in [0.717, 1.165) is 121 Å². The van der Waals surface area contributed by atoms with Crippen molar-refractivity contribution in [3.63, 3.8) is 0 Å². The van der Waals surface area contributed by atoms with Gasteiger partial charge in [0.2, 0.25) is 14.6 Å². The summed E-state index contributed by atoms with van der Waals surface area (Å²) in [6.07, 6.45) is 32.4. The summed E-state index contributed by atoms with van der Waals surface area (Å²) in [7, 11) is -7.62. The Morgan fingerprint density at radius 2 is 0.531 bits per heavy atom. The van der Waals surface area contributed by atoms with Crippen molar-refractivity contribution in [2.75, 3.05) is 0 Å². The molecule has 354 valence electrons. The largest absolute Gasteiger partial charge is 0.296 e. The molecule has 0 aliphatic heterocycles. The molecule has 0 aliphatic carbocycles. The van der Waals surface area contributed by atoms with Crippen LogP contribution in [0.1, 0.15) is 218 Å². The smallest absolute Gasteiger partial charge is 0.214 e. The highest BCUT2D eigenvalue weighted by Gasteiger charge is 2.51. The van der Waals surface area contributed by atoms with E-state index in [4.69, 9.17) is 0 Å². The molecule has 0 aliphatic rings. The van der Waals surface area contributed by atoms with Gasteiger partial charge in [-0.05, 0) is 112 Å². The molecule has 0 bridgehead atoms. The Balaban J connectivity index is 2.00. The van der Waals surface area contributed by atoms with Crippen LogP contribution in [-0.4, -0.2) is 10.5 Å². The average Bonchev–Trinajstić information content (AvgIpc) is 3.31. The van der Waals surface area contributed by atoms with E-state index in [1.165, 1.54) is 103 Å². The van der Waals surface area contributed by atoms with E-state index in [1.54, 1.807) is 0 Å². The van der Waals surface area contributed by atoms with Gasteiger partial charge >= 0.3 is 0 Å². The van der Waals surface area contributed by atoms with Crippen molar-refractivity contribution < 1.29 is 9.13 Å². The molecule has 0 saturated heterocycles. The lowest BCUT2D eigenvalue weighted by Crippen LogP contribution is -2.43. The van der Waals surface area contributed by atoms with Crippen molar-refractivity contribution in [3.05, 3.63) is 119 Å². The molecule has 0 spiro atoms. The van der Waals surface area contributed by atoms with Crippen LogP contribution in [0.3, 0.4) is 0 Å². The van der Waals surface area contributed by atoms with E-state index in [-0.39, 0.29) is 6.04 Å². The maximum Gasteiger partial charge on any atom is 0.214 e. The van der Waals surface area contributed by atoms with Crippen molar-refractivity contribution in [1.29, 1.82) is 0 Å². The van der Waals surface area contributed by atoms with Gasteiger partial charge in [-0.25, -0.2) is 0 Å². The predicted molar refractivity (Wildman–Crippen MR) is 285 cm³/mol. The minimum Gasteiger partial charge on any atom is -0.296 e. The van der Waals surface area contributed by atoms with E-state index in [2.05, 4.69) is 143 Å². The van der Waals surface area contributed by atoms with E-state index < -0.39 is 14.6 Å². The molecule has 4 aromatic carbocycles. The molecular formula is C59H91NO2P2. The standard InChI is InChI=1S/C59H91NO2P2/c1-7-11-15-19-23-27-39-52-43-31-35-47-56(52)63(61,57-48-36-32-44-53(57)40-28-24-20-16-12-8-2)60(51(5)6)64(62,58-49-37-33-45-54(58)41-29-25-21-17-13-9-3)59-50-38-34-46-55(59)42-30-26-22-18-14-10-4/h31-38,43-51H,7-30,39-42H2,1-6H3. The van der Waals surface area contributed by atoms with Crippen LogP contribution in [-0.2, 0) is 34.8 Å². The first-order valence-corrected chi connectivity index (χ1v) is 29.9. The Morgan fingerprint density at radius 1 is 0.328 bits per heavy atom. The molecule has 3 nitrogen and oxygen atoms in total. The van der Waals surface area contributed by atoms with Gasteiger partial charge in [0, 0.05) is 27.3 Å². The molecule has 0 saturated carbocycles. The number of hydrogen-bond acceptors (Lipinski definition) is 2. The van der Waals surface area contributed by atoms with Crippen molar-refractivity contribution in [1.82, 2.24) is 4.44 Å². The van der Waals surface area contributed by atoms with Crippen LogP contribution >= 0.6 is 14.6 Å². The molecule has 0 N–H and O–H groups in total. The summed E-state index contributed by atoms with van der Waals surface area (Å²) in [6, 6.07) is 34.1. The van der Waals surface area contributed by atoms with Crippen molar-refractivity contribution in [3.8, 4) is 0 Å². The fourth-order valence-corrected chi connectivity index (χ4v) is 18.7. The second-order valence-electron chi connectivity index (χ2n) is 19.2. The molecule has 4 aromatic rings. The highest BCUT2D eigenvalue weighted by molar-refractivity contribution is 7.90. The molecule has 5 heteroatoms. The SMILES string of the molecule is CCCCCCCCc1ccccc1P(=O)(c1ccccc1CCCCCCCC)N(C(C)C)P(=O)(c1ccccc1CCCCCCCC)c1ccccc1CCCCCCCC. The second kappa shape index (κ2) is 30.6. The number of hydrogen-bond donors (Lipinski definition) is 0. The molecule has 0 fully saturated rings. The van der Waals surface area contributed by atoms with Crippen LogP contribution in [0.25, 0.3) is 0 Å². The highest BCUT2D eigenvalue weighted by atomic mass is 31.2. The Bertz CT molecular complexity index is 1700. The van der Waals surface area contributed by atoms with Crippen molar-refractivity contribution in [2.24, 2.45) is 0 Å². The average molecular weight is 908 g/mol. The second-order valence-corrected chi connectivity index (χ2v) is 24.6. The molecule has 0 heterocycles. The quantitative estimate of drug-likeness (QED) is 0.0341. The number of unbranched alkanes of at least 4 members (excludes halogenated alkanes) is 20. The van der Waals surface area contributed by atoms with Gasteiger partial charge in [0.15, 0.2) is 0 Å². The van der Waals surface area contributed by atoms with Crippen LogP contribution in [0.4, 0.5) is 0 Å². The molecule has 0 atom stereocenters. The maximum absolute atomic E-state index is 17.8. The lowest BCUT2D eigenvalue weighted by atomic mass is 10.0. The summed E-state index contributed by atoms with van der Waals surface area (Å²) < 4.78 is 37.8. The summed E-state index contributed by atoms with van der Waals surface area (Å²) in [4.78, 5) is 0. The highest BCUT2D eigenvalue weighted by Crippen LogP contribution is 2.66. The lowest BCUT2D eigenvalue weighted by Gasteiger charge is -2.43. The molecule has 0 aromatic heterocycles. The fraction of sp³-hybridized carbons (Fsp3) is 0.593. The van der Waals surface area contributed by atoms with Gasteiger partial charge in [-0.3, -0.25) is 9.13 Å². The summed E-state index contributed by atoms with van der Waals surface area (Å²) in [6.45, 7) is 13.4. The molecule has 64 heavy (non-hydrogen) atoms. The van der Waals surface area contributed by atoms with Gasteiger partial charge in [0.25, 0.3) is 0 Å². The van der Waals surface area contributed by atoms with Gasteiger partial charge in [-0.1, -0.05) is 229 Å². The lowest BCUT2D eigenvalue weighted by molar-refractivity contribution is 0.474. The minimum absolute atomic E-state index is 0.287. The zero-order chi connectivity index (χ0) is 45.9. The van der Waals surface area contributed by atoms with Gasteiger partial charge in [-0.15, -0.1) is 0 Å². The molecule has 0 amide bonds. The number of aryl methyl sites for hydroxylation is 4. The van der Waals surface area contributed by atoms with Gasteiger partial charge < -0.3 is 0 Å². The minimum atomic E-state index is -3.81. The van der Waals surface area contributed by atoms with Gasteiger partial charge in [0.1, 0.15) is 0 Å². The van der Waals surface area contributed by atoms with Crippen molar-refractivity contribution >= 4 is 35.8 Å². The predicted octanol–water partition coefficient (Wildman–Crippen LogP) is 17.2. The Morgan fingerprint density at radius 3 is 0.750 bits per heavy atom. The number of benzene rings is 4. The summed E-state index contributed by atoms with van der Waals surface area (Å²) in [5.74, 6) is 0. The first-order chi connectivity index (χ1) is 31.3. The molecular weight excluding hydrogens is 817 g/mol. The topological polar surface area (TPSA) is 37.4 Å². The first kappa shape index (κ1) is 53.9. The third kappa shape index (κ3) is 15.7. The molecule has 4 rings (SSSR count). The zero-order valence-corrected chi connectivity index (χ0v) is 43.6. The maximum atomic E-state index is 17.8. The fourth-order valence-electron chi connectivity index (χ4n) is 9.98. The third-order valence-electron chi connectivity index (χ3n) is 13.5. The Labute approximate surface area is 394 Å². The normalized spacial score (nSPS) is 12.2. The summed E-state index contributed by atoms with van der Waals surface area (Å²) in [5.41, 5.74) is 4.59. The zero-order valence-electron chi connectivity index (χ0n) is 41.8. The monoisotopic (exact) mass is 908 g/mol. The number of nitrogens with zero attached hydrogens (tertiary/aromatic N) is 1. The molecule has 0 radical (unpaired) electrons. The van der Waals surface area contributed by atoms with Crippen molar-refractivity contribution in [2.45, 2.75) is 227 Å². The first-order valence-electron chi connectivity index (χ1n) is 26.6. The van der Waals surface area contributed by atoms with E-state index >= 15 is 9.13 Å². The van der Waals surface area contributed by atoms with E-state index in [1.807, 2.05) is 0 Å². The van der Waals surface area contributed by atoms with Crippen LogP contribution in [0.2, 0.25) is 0 Å². The van der Waals surface area contributed by atoms with Crippen LogP contribution in [0.15, 0.2) is 97.1 Å². The van der Waals surface area contributed by atoms with Crippen LogP contribution in [0.5, 0.6) is 0 Å². The van der Waals surface area contributed by atoms with Gasteiger partial charge in [-0.2, -0.15) is 4.44 Å².